The predicted octanol–water partition coefficient (Wildman–Crippen LogP) is 0.233. The molecule has 0 unspecified atom stereocenters. The van der Waals surface area contributed by atoms with E-state index in [0.717, 1.165) is 6.54 Å². The van der Waals surface area contributed by atoms with Crippen LogP contribution < -0.4 is 10.2 Å². The fraction of sp³-hybridized carbons (Fsp3) is 0.706. The average molecular weight is 379 g/mol. The van der Waals surface area contributed by atoms with E-state index in [1.165, 1.54) is 0 Å². The molecule has 8 nitrogen and oxygen atoms in total. The zero-order valence-corrected chi connectivity index (χ0v) is 15.8. The van der Waals surface area contributed by atoms with Crippen molar-refractivity contribution >= 4 is 21.9 Å². The Balaban J connectivity index is 1.50. The van der Waals surface area contributed by atoms with Gasteiger partial charge in [-0.25, -0.2) is 22.7 Å². The van der Waals surface area contributed by atoms with Crippen LogP contribution >= 0.6 is 0 Å². The second-order valence-electron chi connectivity index (χ2n) is 7.53. The van der Waals surface area contributed by atoms with Gasteiger partial charge in [0.1, 0.15) is 0 Å². The van der Waals surface area contributed by atoms with Gasteiger partial charge in [0.2, 0.25) is 21.9 Å². The molecule has 3 fully saturated rings. The van der Waals surface area contributed by atoms with Gasteiger partial charge in [0, 0.05) is 50.0 Å². The fourth-order valence-corrected chi connectivity index (χ4v) is 6.24. The number of nitrogens with one attached hydrogen (secondary N) is 1. The summed E-state index contributed by atoms with van der Waals surface area (Å²) in [5.74, 6) is 1.04. The topological polar surface area (TPSA) is 95.5 Å². The smallest absolute Gasteiger partial charge is 0.225 e. The molecule has 0 aromatic carbocycles. The van der Waals surface area contributed by atoms with Crippen molar-refractivity contribution in [1.82, 2.24) is 19.6 Å². The van der Waals surface area contributed by atoms with E-state index in [4.69, 9.17) is 0 Å². The van der Waals surface area contributed by atoms with Gasteiger partial charge in [0.05, 0.1) is 11.7 Å². The molecule has 4 heterocycles. The molecule has 1 aromatic heterocycles. The van der Waals surface area contributed by atoms with E-state index in [1.54, 1.807) is 22.8 Å². The summed E-state index contributed by atoms with van der Waals surface area (Å²) in [5.41, 5.74) is -0.302. The van der Waals surface area contributed by atoms with E-state index in [1.807, 2.05) is 6.92 Å². The zero-order chi connectivity index (χ0) is 18.4. The third-order valence-electron chi connectivity index (χ3n) is 6.04. The Kier molecular flexibility index (Phi) is 4.38. The maximum absolute atomic E-state index is 12.6. The number of carbonyl (C=O) groups is 1. The van der Waals surface area contributed by atoms with Crippen LogP contribution in [0.15, 0.2) is 18.5 Å². The molecule has 0 saturated carbocycles. The molecular formula is C17H25N5O3S. The second-order valence-corrected chi connectivity index (χ2v) is 9.62. The first-order valence-electron chi connectivity index (χ1n) is 9.27. The second kappa shape index (κ2) is 6.45. The molecule has 9 heteroatoms. The predicted molar refractivity (Wildman–Crippen MR) is 97.0 cm³/mol. The van der Waals surface area contributed by atoms with E-state index in [-0.39, 0.29) is 29.0 Å². The van der Waals surface area contributed by atoms with Crippen molar-refractivity contribution in [2.24, 2.45) is 11.8 Å². The van der Waals surface area contributed by atoms with Crippen LogP contribution in [0.2, 0.25) is 0 Å². The quantitative estimate of drug-likeness (QED) is 0.805. The largest absolute Gasteiger partial charge is 0.350 e. The van der Waals surface area contributed by atoms with Crippen molar-refractivity contribution in [3.05, 3.63) is 18.5 Å². The third-order valence-corrected chi connectivity index (χ3v) is 8.12. The molecule has 3 saturated heterocycles. The zero-order valence-electron chi connectivity index (χ0n) is 15.0. The Labute approximate surface area is 154 Å². The standard InChI is InChI=1S/C17H25N5O3S/c1-2-10-26(24,25)22-8-4-17(5-9-22)14-12-21(11-13(14)15(23)20-17)16-18-6-3-7-19-16/h3,6-7,13-14H,2,4-5,8-12H2,1H3,(H,20,23)/t13-,14+/m0/s1. The molecule has 0 radical (unpaired) electrons. The Hall–Kier alpha value is -1.74. The maximum atomic E-state index is 12.6. The van der Waals surface area contributed by atoms with Gasteiger partial charge in [0.25, 0.3) is 0 Å². The molecule has 3 aliphatic heterocycles. The Morgan fingerprint density at radius 1 is 1.23 bits per heavy atom. The summed E-state index contributed by atoms with van der Waals surface area (Å²) < 4.78 is 26.3. The van der Waals surface area contributed by atoms with E-state index < -0.39 is 10.0 Å². The minimum absolute atomic E-state index is 0.0717. The maximum Gasteiger partial charge on any atom is 0.225 e. The highest BCUT2D eigenvalue weighted by Gasteiger charge is 2.58. The molecule has 1 aromatic rings. The van der Waals surface area contributed by atoms with Gasteiger partial charge in [-0.1, -0.05) is 6.92 Å². The fourth-order valence-electron chi connectivity index (χ4n) is 4.72. The minimum Gasteiger partial charge on any atom is -0.350 e. The lowest BCUT2D eigenvalue weighted by Crippen LogP contribution is -2.56. The number of anilines is 1. The molecular weight excluding hydrogens is 354 g/mol. The van der Waals surface area contributed by atoms with E-state index >= 15 is 0 Å². The van der Waals surface area contributed by atoms with Crippen LogP contribution in [-0.4, -0.2) is 66.1 Å². The lowest BCUT2D eigenvalue weighted by Gasteiger charge is -2.42. The summed E-state index contributed by atoms with van der Waals surface area (Å²) in [4.78, 5) is 23.3. The normalized spacial score (nSPS) is 28.3. The lowest BCUT2D eigenvalue weighted by atomic mass is 9.76. The highest BCUT2D eigenvalue weighted by Crippen LogP contribution is 2.44. The minimum atomic E-state index is -3.18. The summed E-state index contributed by atoms with van der Waals surface area (Å²) in [6.45, 7) is 4.19. The Morgan fingerprint density at radius 2 is 1.92 bits per heavy atom. The number of fused-ring (bicyclic) bond motifs is 2. The van der Waals surface area contributed by atoms with Crippen LogP contribution in [0.3, 0.4) is 0 Å². The van der Waals surface area contributed by atoms with Crippen LogP contribution in [0.1, 0.15) is 26.2 Å². The number of nitrogens with zero attached hydrogens (tertiary/aromatic N) is 4. The van der Waals surface area contributed by atoms with Gasteiger partial charge in [-0.15, -0.1) is 0 Å². The van der Waals surface area contributed by atoms with E-state index in [2.05, 4.69) is 20.2 Å². The molecule has 1 N–H and O–H groups in total. The van der Waals surface area contributed by atoms with Crippen LogP contribution in [-0.2, 0) is 14.8 Å². The van der Waals surface area contributed by atoms with Crippen molar-refractivity contribution in [2.45, 2.75) is 31.7 Å². The number of rotatable bonds is 4. The highest BCUT2D eigenvalue weighted by molar-refractivity contribution is 7.89. The third kappa shape index (κ3) is 2.87. The van der Waals surface area contributed by atoms with Gasteiger partial charge in [-0.3, -0.25) is 4.79 Å². The number of piperidine rings is 1. The number of aromatic nitrogens is 2. The first kappa shape index (κ1) is 17.7. The monoisotopic (exact) mass is 379 g/mol. The lowest BCUT2D eigenvalue weighted by molar-refractivity contribution is -0.122. The highest BCUT2D eigenvalue weighted by atomic mass is 32.2. The summed E-state index contributed by atoms with van der Waals surface area (Å²) in [7, 11) is -3.18. The van der Waals surface area contributed by atoms with Crippen molar-refractivity contribution in [3.8, 4) is 0 Å². The molecule has 0 bridgehead atoms. The van der Waals surface area contributed by atoms with Gasteiger partial charge in [-0.05, 0) is 25.3 Å². The van der Waals surface area contributed by atoms with Gasteiger partial charge < -0.3 is 10.2 Å². The summed E-state index contributed by atoms with van der Waals surface area (Å²) in [6, 6.07) is 1.78. The number of carbonyl (C=O) groups excluding carboxylic acids is 1. The van der Waals surface area contributed by atoms with Gasteiger partial charge in [-0.2, -0.15) is 0 Å². The number of sulfonamides is 1. The molecule has 142 valence electrons. The molecule has 2 atom stereocenters. The van der Waals surface area contributed by atoms with Crippen LogP contribution in [0.4, 0.5) is 5.95 Å². The van der Waals surface area contributed by atoms with Crippen LogP contribution in [0, 0.1) is 11.8 Å². The summed E-state index contributed by atoms with van der Waals surface area (Å²) >= 11 is 0. The molecule has 26 heavy (non-hydrogen) atoms. The molecule has 1 amide bonds. The summed E-state index contributed by atoms with van der Waals surface area (Å²) in [6.07, 6.45) is 5.39. The van der Waals surface area contributed by atoms with Gasteiger partial charge in [0.15, 0.2) is 0 Å². The number of hydrogen-bond donors (Lipinski definition) is 1. The average Bonchev–Trinajstić information content (AvgIpc) is 3.17. The van der Waals surface area contributed by atoms with Crippen molar-refractivity contribution in [2.75, 3.05) is 36.8 Å². The Bertz CT molecular complexity index is 777. The van der Waals surface area contributed by atoms with Crippen molar-refractivity contribution in [3.63, 3.8) is 0 Å². The Morgan fingerprint density at radius 3 is 2.58 bits per heavy atom. The van der Waals surface area contributed by atoms with E-state index in [9.17, 15) is 13.2 Å². The number of amides is 1. The molecule has 4 rings (SSSR count). The first-order chi connectivity index (χ1) is 12.5. The van der Waals surface area contributed by atoms with Crippen molar-refractivity contribution < 1.29 is 13.2 Å². The molecule has 1 spiro atoms. The SMILES string of the molecule is CCCS(=O)(=O)N1CCC2(CC1)NC(=O)[C@H]1CN(c3ncccn3)C[C@H]12. The first-order valence-corrected chi connectivity index (χ1v) is 10.9. The summed E-state index contributed by atoms with van der Waals surface area (Å²) in [5, 5.41) is 3.22. The number of hydrogen-bond acceptors (Lipinski definition) is 6. The van der Waals surface area contributed by atoms with E-state index in [0.29, 0.717) is 44.8 Å². The van der Waals surface area contributed by atoms with Crippen molar-refractivity contribution in [1.29, 1.82) is 0 Å². The van der Waals surface area contributed by atoms with Crippen LogP contribution in [0.5, 0.6) is 0 Å². The van der Waals surface area contributed by atoms with Gasteiger partial charge >= 0.3 is 0 Å². The molecule has 3 aliphatic rings. The van der Waals surface area contributed by atoms with Crippen LogP contribution in [0.25, 0.3) is 0 Å². The molecule has 0 aliphatic carbocycles.